The number of hydrogen-bond acceptors (Lipinski definition) is 4. The molecule has 2 N–H and O–H groups in total. The molecule has 0 radical (unpaired) electrons. The van der Waals surface area contributed by atoms with Crippen molar-refractivity contribution in [2.24, 2.45) is 0 Å². The van der Waals surface area contributed by atoms with Gasteiger partial charge in [0.25, 0.3) is 5.91 Å². The minimum Gasteiger partial charge on any atom is -0.372 e. The summed E-state index contributed by atoms with van der Waals surface area (Å²) < 4.78 is 0. The third kappa shape index (κ3) is 3.47. The predicted molar refractivity (Wildman–Crippen MR) is 89.6 cm³/mol. The minimum atomic E-state index is -0.334. The highest BCUT2D eigenvalue weighted by Gasteiger charge is 2.28. The van der Waals surface area contributed by atoms with Gasteiger partial charge in [0.15, 0.2) is 0 Å². The molecule has 2 aliphatic rings. The van der Waals surface area contributed by atoms with Gasteiger partial charge in [-0.25, -0.2) is 0 Å². The van der Waals surface area contributed by atoms with Crippen molar-refractivity contribution in [3.05, 3.63) is 29.8 Å². The number of likely N-dealkylation sites (N-methyl/N-ethyl adjacent to an activating group) is 1. The Morgan fingerprint density at radius 2 is 2.00 bits per heavy atom. The van der Waals surface area contributed by atoms with Crippen LogP contribution in [0.1, 0.15) is 23.2 Å². The van der Waals surface area contributed by atoms with Crippen molar-refractivity contribution in [3.63, 3.8) is 0 Å². The molecule has 6 nitrogen and oxygen atoms in total. The van der Waals surface area contributed by atoms with Crippen LogP contribution in [0.4, 0.5) is 5.69 Å². The Kier molecular flexibility index (Phi) is 4.81. The van der Waals surface area contributed by atoms with E-state index in [1.54, 1.807) is 11.9 Å². The van der Waals surface area contributed by atoms with Crippen LogP contribution in [-0.2, 0) is 4.79 Å². The summed E-state index contributed by atoms with van der Waals surface area (Å²) in [4.78, 5) is 28.6. The third-order valence-corrected chi connectivity index (χ3v) is 4.59. The second kappa shape index (κ2) is 7.00. The molecule has 3 rings (SSSR count). The van der Waals surface area contributed by atoms with E-state index in [0.717, 1.165) is 18.8 Å². The number of anilines is 1. The summed E-state index contributed by atoms with van der Waals surface area (Å²) in [7, 11) is 1.62. The van der Waals surface area contributed by atoms with Crippen LogP contribution in [0.3, 0.4) is 0 Å². The highest BCUT2D eigenvalue weighted by molar-refractivity contribution is 5.96. The van der Waals surface area contributed by atoms with Crippen LogP contribution >= 0.6 is 0 Å². The van der Waals surface area contributed by atoms with Gasteiger partial charge in [-0.3, -0.25) is 9.59 Å². The highest BCUT2D eigenvalue weighted by atomic mass is 16.2. The summed E-state index contributed by atoms with van der Waals surface area (Å²) in [5.41, 5.74) is 1.82. The summed E-state index contributed by atoms with van der Waals surface area (Å²) in [6.07, 6.45) is 2.42. The van der Waals surface area contributed by atoms with Gasteiger partial charge in [-0.15, -0.1) is 0 Å². The number of benzene rings is 1. The molecule has 2 fully saturated rings. The van der Waals surface area contributed by atoms with Gasteiger partial charge >= 0.3 is 0 Å². The van der Waals surface area contributed by atoms with E-state index in [4.69, 9.17) is 0 Å². The van der Waals surface area contributed by atoms with E-state index < -0.39 is 0 Å². The molecule has 1 aromatic rings. The van der Waals surface area contributed by atoms with E-state index in [1.165, 1.54) is 12.8 Å². The van der Waals surface area contributed by atoms with Crippen molar-refractivity contribution in [2.75, 3.05) is 44.7 Å². The van der Waals surface area contributed by atoms with Gasteiger partial charge < -0.3 is 20.4 Å². The summed E-state index contributed by atoms with van der Waals surface area (Å²) in [5, 5.41) is 5.78. The van der Waals surface area contributed by atoms with Crippen LogP contribution in [0.2, 0.25) is 0 Å². The lowest BCUT2D eigenvalue weighted by Crippen LogP contribution is -2.57. The number of nitrogens with one attached hydrogen (secondary N) is 2. The Hall–Kier alpha value is -2.08. The highest BCUT2D eigenvalue weighted by Crippen LogP contribution is 2.22. The number of nitrogens with zero attached hydrogens (tertiary/aromatic N) is 2. The first-order chi connectivity index (χ1) is 11.2. The van der Waals surface area contributed by atoms with Crippen LogP contribution in [0.25, 0.3) is 0 Å². The average Bonchev–Trinajstić information content (AvgIpc) is 3.15. The molecular weight excluding hydrogens is 292 g/mol. The zero-order valence-corrected chi connectivity index (χ0v) is 13.5. The lowest BCUT2D eigenvalue weighted by molar-refractivity contribution is -0.123. The molecule has 6 heteroatoms. The second-order valence-electron chi connectivity index (χ2n) is 6.12. The van der Waals surface area contributed by atoms with Crippen molar-refractivity contribution in [3.8, 4) is 0 Å². The molecule has 0 saturated carbocycles. The SMILES string of the molecule is CNC(=O)C1CN(C(=O)c2cccc(N3CCCC3)c2)CCN1. The maximum absolute atomic E-state index is 12.8. The first kappa shape index (κ1) is 15.8. The standard InChI is InChI=1S/C17H24N4O2/c1-18-16(22)15-12-21(10-7-19-15)17(23)13-5-4-6-14(11-13)20-8-2-3-9-20/h4-6,11,15,19H,2-3,7-10,12H2,1H3,(H,18,22). The lowest BCUT2D eigenvalue weighted by Gasteiger charge is -2.33. The fourth-order valence-electron chi connectivity index (χ4n) is 3.28. The first-order valence-corrected chi connectivity index (χ1v) is 8.28. The molecule has 1 aromatic carbocycles. The van der Waals surface area contributed by atoms with Crippen LogP contribution < -0.4 is 15.5 Å². The van der Waals surface area contributed by atoms with Crippen LogP contribution in [0.5, 0.6) is 0 Å². The van der Waals surface area contributed by atoms with Gasteiger partial charge in [0.1, 0.15) is 6.04 Å². The summed E-state index contributed by atoms with van der Waals surface area (Å²) in [6.45, 7) is 3.79. The normalized spacial score (nSPS) is 21.3. The van der Waals surface area contributed by atoms with Crippen LogP contribution in [-0.4, -0.2) is 62.5 Å². The second-order valence-corrected chi connectivity index (χ2v) is 6.12. The summed E-state index contributed by atoms with van der Waals surface area (Å²) in [5.74, 6) is -0.0743. The molecule has 0 spiro atoms. The molecule has 23 heavy (non-hydrogen) atoms. The van der Waals surface area contributed by atoms with E-state index >= 15 is 0 Å². The van der Waals surface area contributed by atoms with Crippen molar-refractivity contribution in [2.45, 2.75) is 18.9 Å². The van der Waals surface area contributed by atoms with Gasteiger partial charge in [-0.05, 0) is 31.0 Å². The van der Waals surface area contributed by atoms with Crippen molar-refractivity contribution in [1.29, 1.82) is 0 Å². The predicted octanol–water partition coefficient (Wildman–Crippen LogP) is 0.447. The third-order valence-electron chi connectivity index (χ3n) is 4.59. The molecule has 2 aliphatic heterocycles. The number of carbonyl (C=O) groups is 2. The maximum Gasteiger partial charge on any atom is 0.254 e. The largest absolute Gasteiger partial charge is 0.372 e. The van der Waals surface area contributed by atoms with Gasteiger partial charge in [0.2, 0.25) is 5.91 Å². The quantitative estimate of drug-likeness (QED) is 0.850. The Labute approximate surface area is 136 Å². The fraction of sp³-hybridized carbons (Fsp3) is 0.529. The Bertz CT molecular complexity index is 584. The molecule has 1 unspecified atom stereocenters. The van der Waals surface area contributed by atoms with Gasteiger partial charge in [0, 0.05) is 51.0 Å². The number of carbonyl (C=O) groups excluding carboxylic acids is 2. The number of hydrogen-bond donors (Lipinski definition) is 2. The smallest absolute Gasteiger partial charge is 0.254 e. The number of amides is 2. The van der Waals surface area contributed by atoms with E-state index in [0.29, 0.717) is 25.2 Å². The maximum atomic E-state index is 12.8. The van der Waals surface area contributed by atoms with E-state index in [2.05, 4.69) is 21.6 Å². The van der Waals surface area contributed by atoms with Gasteiger partial charge in [-0.2, -0.15) is 0 Å². The number of rotatable bonds is 3. The Morgan fingerprint density at radius 3 is 2.74 bits per heavy atom. The zero-order chi connectivity index (χ0) is 16.2. The fourth-order valence-corrected chi connectivity index (χ4v) is 3.28. The molecule has 0 aliphatic carbocycles. The van der Waals surface area contributed by atoms with Gasteiger partial charge in [0.05, 0.1) is 0 Å². The summed E-state index contributed by atoms with van der Waals surface area (Å²) >= 11 is 0. The molecule has 2 saturated heterocycles. The summed E-state index contributed by atoms with van der Waals surface area (Å²) in [6, 6.07) is 7.51. The first-order valence-electron chi connectivity index (χ1n) is 8.28. The van der Waals surface area contributed by atoms with E-state index in [-0.39, 0.29) is 17.9 Å². The average molecular weight is 316 g/mol. The molecule has 0 bridgehead atoms. The monoisotopic (exact) mass is 316 g/mol. The number of piperazine rings is 1. The van der Waals surface area contributed by atoms with Crippen molar-refractivity contribution < 1.29 is 9.59 Å². The van der Waals surface area contributed by atoms with E-state index in [1.807, 2.05) is 18.2 Å². The van der Waals surface area contributed by atoms with Gasteiger partial charge in [-0.1, -0.05) is 6.07 Å². The topological polar surface area (TPSA) is 64.7 Å². The molecule has 1 atom stereocenters. The molecule has 2 amide bonds. The lowest BCUT2D eigenvalue weighted by atomic mass is 10.1. The molecule has 0 aromatic heterocycles. The molecular formula is C17H24N4O2. The molecule has 2 heterocycles. The molecule has 124 valence electrons. The minimum absolute atomic E-state index is 0.00134. The van der Waals surface area contributed by atoms with Crippen molar-refractivity contribution >= 4 is 17.5 Å². The van der Waals surface area contributed by atoms with Crippen LogP contribution in [0, 0.1) is 0 Å². The van der Waals surface area contributed by atoms with E-state index in [9.17, 15) is 9.59 Å². The Morgan fingerprint density at radius 1 is 1.22 bits per heavy atom. The van der Waals surface area contributed by atoms with Crippen molar-refractivity contribution in [1.82, 2.24) is 15.5 Å². The van der Waals surface area contributed by atoms with Crippen LogP contribution in [0.15, 0.2) is 24.3 Å². The Balaban J connectivity index is 1.72. The zero-order valence-electron chi connectivity index (χ0n) is 13.5.